The van der Waals surface area contributed by atoms with Gasteiger partial charge in [0, 0.05) is 26.1 Å². The van der Waals surface area contributed by atoms with Crippen molar-refractivity contribution in [2.45, 2.75) is 63.8 Å². The second-order valence-electron chi connectivity index (χ2n) is 7.91. The molecule has 6 nitrogen and oxygen atoms in total. The van der Waals surface area contributed by atoms with E-state index >= 15 is 0 Å². The number of ether oxygens (including phenoxy) is 3. The lowest BCUT2D eigenvalue weighted by Gasteiger charge is -2.41. The quantitative estimate of drug-likeness (QED) is 0.329. The average molecular weight is 344 g/mol. The van der Waals surface area contributed by atoms with E-state index in [1.807, 2.05) is 0 Å². The van der Waals surface area contributed by atoms with E-state index in [-0.39, 0.29) is 17.1 Å². The second kappa shape index (κ2) is 6.27. The first kappa shape index (κ1) is 18.6. The summed E-state index contributed by atoms with van der Waals surface area (Å²) in [5, 5.41) is 0.0118. The van der Waals surface area contributed by atoms with Crippen molar-refractivity contribution in [2.75, 3.05) is 14.2 Å². The Morgan fingerprint density at radius 3 is 2.22 bits per heavy atom. The molecule has 1 heterocycles. The van der Waals surface area contributed by atoms with Crippen molar-refractivity contribution in [3.8, 4) is 0 Å². The molecule has 0 amide bonds. The highest BCUT2D eigenvalue weighted by Gasteiger charge is 2.59. The number of ketones is 1. The molecule has 2 fully saturated rings. The van der Waals surface area contributed by atoms with Gasteiger partial charge >= 0.3 is 5.97 Å². The first-order chi connectivity index (χ1) is 10.5. The van der Waals surface area contributed by atoms with E-state index in [4.69, 9.17) is 18.6 Å². The normalized spacial score (nSPS) is 31.7. The fourth-order valence-corrected chi connectivity index (χ4v) is 4.53. The Morgan fingerprint density at radius 1 is 1.17 bits per heavy atom. The number of hydrogen-bond acceptors (Lipinski definition) is 6. The number of hydrogen-bond donors (Lipinski definition) is 0. The molecule has 0 radical (unpaired) electrons. The van der Waals surface area contributed by atoms with Crippen molar-refractivity contribution in [3.05, 3.63) is 0 Å². The fraction of sp³-hybridized carbons (Fsp3) is 0.875. The predicted molar refractivity (Wildman–Crippen MR) is 86.4 cm³/mol. The summed E-state index contributed by atoms with van der Waals surface area (Å²) in [6.07, 6.45) is -0.894. The first-order valence-corrected chi connectivity index (χ1v) is 10.9. The molecule has 0 aromatic rings. The molecule has 4 atom stereocenters. The van der Waals surface area contributed by atoms with Gasteiger partial charge in [0.2, 0.25) is 5.78 Å². The minimum Gasteiger partial charge on any atom is -0.454 e. The largest absolute Gasteiger partial charge is 0.454 e. The van der Waals surface area contributed by atoms with E-state index < -0.39 is 38.4 Å². The molecule has 1 aliphatic carbocycles. The molecule has 1 saturated heterocycles. The van der Waals surface area contributed by atoms with E-state index in [0.29, 0.717) is 6.42 Å². The zero-order valence-corrected chi connectivity index (χ0v) is 16.0. The van der Waals surface area contributed by atoms with Gasteiger partial charge in [0.1, 0.15) is 6.10 Å². The van der Waals surface area contributed by atoms with E-state index in [2.05, 4.69) is 33.9 Å². The van der Waals surface area contributed by atoms with Crippen LogP contribution >= 0.6 is 0 Å². The molecule has 0 aromatic carbocycles. The number of fused-ring (bicyclic) bond motifs is 2. The molecule has 0 unspecified atom stereocenters. The van der Waals surface area contributed by atoms with Crippen molar-refractivity contribution in [3.63, 3.8) is 0 Å². The second-order valence-corrected chi connectivity index (χ2v) is 12.7. The maximum absolute atomic E-state index is 12.2. The Labute approximate surface area is 138 Å². The number of esters is 1. The highest BCUT2D eigenvalue weighted by molar-refractivity contribution is 6.74. The summed E-state index contributed by atoms with van der Waals surface area (Å²) >= 11 is 0. The van der Waals surface area contributed by atoms with Gasteiger partial charge in [0.05, 0.1) is 6.10 Å². The maximum atomic E-state index is 12.2. The maximum Gasteiger partial charge on any atom is 0.375 e. The summed E-state index contributed by atoms with van der Waals surface area (Å²) in [5.41, 5.74) is 0. The topological polar surface area (TPSA) is 71.1 Å². The third kappa shape index (κ3) is 3.24. The van der Waals surface area contributed by atoms with Crippen molar-refractivity contribution in [2.24, 2.45) is 11.8 Å². The molecule has 0 aromatic heterocycles. The van der Waals surface area contributed by atoms with Crippen LogP contribution in [0.5, 0.6) is 0 Å². The third-order valence-corrected chi connectivity index (χ3v) is 9.98. The van der Waals surface area contributed by atoms with Crippen molar-refractivity contribution >= 4 is 20.1 Å². The van der Waals surface area contributed by atoms with Crippen LogP contribution in [-0.2, 0) is 28.2 Å². The van der Waals surface area contributed by atoms with Crippen LogP contribution in [0.3, 0.4) is 0 Å². The Bertz CT molecular complexity index is 479. The molecular formula is C16H28O6Si. The van der Waals surface area contributed by atoms with Gasteiger partial charge in [-0.05, 0) is 24.6 Å². The van der Waals surface area contributed by atoms with Gasteiger partial charge in [-0.25, -0.2) is 4.79 Å². The van der Waals surface area contributed by atoms with Crippen LogP contribution in [0.15, 0.2) is 0 Å². The first-order valence-electron chi connectivity index (χ1n) is 8.01. The molecule has 7 heteroatoms. The Balaban J connectivity index is 2.35. The Hall–Kier alpha value is -0.763. The molecule has 2 aliphatic rings. The lowest BCUT2D eigenvalue weighted by atomic mass is 9.90. The molecule has 0 spiro atoms. The van der Waals surface area contributed by atoms with Gasteiger partial charge < -0.3 is 18.6 Å². The van der Waals surface area contributed by atoms with Crippen LogP contribution in [0.1, 0.15) is 27.2 Å². The zero-order valence-electron chi connectivity index (χ0n) is 15.0. The molecule has 1 aliphatic heterocycles. The number of Topliss-reactive ketones (excluding diaryl/α,β-unsaturated/α-hetero) is 1. The monoisotopic (exact) mass is 344 g/mol. The van der Waals surface area contributed by atoms with Crippen LogP contribution < -0.4 is 0 Å². The summed E-state index contributed by atoms with van der Waals surface area (Å²) in [4.78, 5) is 24.0. The van der Waals surface area contributed by atoms with Crippen LogP contribution in [0.4, 0.5) is 0 Å². The zero-order chi connectivity index (χ0) is 17.6. The van der Waals surface area contributed by atoms with Gasteiger partial charge in [0.25, 0.3) is 0 Å². The van der Waals surface area contributed by atoms with Crippen molar-refractivity contribution < 1.29 is 28.2 Å². The van der Waals surface area contributed by atoms with Crippen molar-refractivity contribution in [1.82, 2.24) is 0 Å². The lowest BCUT2D eigenvalue weighted by molar-refractivity contribution is -0.166. The van der Waals surface area contributed by atoms with Crippen molar-refractivity contribution in [1.29, 1.82) is 0 Å². The van der Waals surface area contributed by atoms with Gasteiger partial charge in [-0.1, -0.05) is 20.8 Å². The summed E-state index contributed by atoms with van der Waals surface area (Å²) in [6, 6.07) is 0. The minimum absolute atomic E-state index is 0.0118. The summed E-state index contributed by atoms with van der Waals surface area (Å²) in [7, 11) is 0.969. The fourth-order valence-electron chi connectivity index (χ4n) is 3.19. The molecule has 2 bridgehead atoms. The minimum atomic E-state index is -2.10. The predicted octanol–water partition coefficient (Wildman–Crippen LogP) is 2.13. The van der Waals surface area contributed by atoms with Crippen LogP contribution in [-0.4, -0.2) is 52.8 Å². The SMILES string of the molecule is COC(OC)[C@@H]1[C@@H](O[Si](C)(C)C(C)(C)C)[C@@H]2C[C@H]1C(=O)C(=O)O2. The number of carbonyl (C=O) groups excluding carboxylic acids is 2. The third-order valence-electron chi connectivity index (χ3n) is 5.51. The number of methoxy groups -OCH3 is 2. The summed E-state index contributed by atoms with van der Waals surface area (Å²) in [5.74, 6) is -2.04. The Kier molecular flexibility index (Phi) is 5.07. The van der Waals surface area contributed by atoms with E-state index in [0.717, 1.165) is 0 Å². The molecule has 0 N–H and O–H groups in total. The highest BCUT2D eigenvalue weighted by atomic mass is 28.4. The Morgan fingerprint density at radius 2 is 1.74 bits per heavy atom. The van der Waals surface area contributed by atoms with Gasteiger partial charge in [-0.3, -0.25) is 4.79 Å². The van der Waals surface area contributed by atoms with E-state index in [1.165, 1.54) is 14.2 Å². The van der Waals surface area contributed by atoms with E-state index in [9.17, 15) is 9.59 Å². The highest BCUT2D eigenvalue weighted by Crippen LogP contribution is 2.47. The summed E-state index contributed by atoms with van der Waals surface area (Å²) < 4.78 is 22.6. The van der Waals surface area contributed by atoms with E-state index in [1.54, 1.807) is 0 Å². The smallest absolute Gasteiger partial charge is 0.375 e. The van der Waals surface area contributed by atoms with Gasteiger partial charge in [-0.15, -0.1) is 0 Å². The van der Waals surface area contributed by atoms with Crippen LogP contribution in [0.2, 0.25) is 18.1 Å². The average Bonchev–Trinajstić information content (AvgIpc) is 2.72. The molecule has 2 rings (SSSR count). The molecule has 23 heavy (non-hydrogen) atoms. The van der Waals surface area contributed by atoms with Crippen LogP contribution in [0, 0.1) is 11.8 Å². The van der Waals surface area contributed by atoms with Crippen LogP contribution in [0.25, 0.3) is 0 Å². The lowest BCUT2D eigenvalue weighted by Crippen LogP contribution is -2.50. The molecular weight excluding hydrogens is 316 g/mol. The summed E-state index contributed by atoms with van der Waals surface area (Å²) in [6.45, 7) is 10.7. The number of rotatable bonds is 5. The number of carbonyl (C=O) groups is 2. The molecule has 1 saturated carbocycles. The molecule has 132 valence electrons. The van der Waals surface area contributed by atoms with Gasteiger partial charge in [-0.2, -0.15) is 0 Å². The standard InChI is InChI=1S/C16H28O6Si/c1-16(2,3)23(6,7)22-13-10-8-9(12(17)14(18)21-10)11(13)15(19-4)20-5/h9-11,13,15H,8H2,1-7H3/t9-,10+,11+,13+/m1/s1. The van der Waals surface area contributed by atoms with Gasteiger partial charge in [0.15, 0.2) is 14.6 Å².